The van der Waals surface area contributed by atoms with Crippen molar-refractivity contribution in [2.24, 2.45) is 0 Å². The first-order valence-electron chi connectivity index (χ1n) is 4.20. The Morgan fingerprint density at radius 3 is 2.79 bits per heavy atom. The van der Waals surface area contributed by atoms with Gasteiger partial charge < -0.3 is 10.1 Å². The lowest BCUT2D eigenvalue weighted by Gasteiger charge is -2.03. The third kappa shape index (κ3) is 2.29. The Kier molecular flexibility index (Phi) is 3.59. The van der Waals surface area contributed by atoms with E-state index in [0.717, 1.165) is 5.56 Å². The zero-order chi connectivity index (χ0) is 10.6. The van der Waals surface area contributed by atoms with E-state index in [1.54, 1.807) is 13.1 Å². The van der Waals surface area contributed by atoms with Crippen LogP contribution in [0.1, 0.15) is 15.9 Å². The summed E-state index contributed by atoms with van der Waals surface area (Å²) >= 11 is 0. The molecule has 0 fully saturated rings. The number of rotatable bonds is 3. The number of halogens is 1. The molecule has 1 aromatic rings. The maximum Gasteiger partial charge on any atom is 0.340 e. The lowest BCUT2D eigenvalue weighted by atomic mass is 10.1. The van der Waals surface area contributed by atoms with E-state index in [-0.39, 0.29) is 5.56 Å². The zero-order valence-electron chi connectivity index (χ0n) is 8.13. The second-order valence-electron chi connectivity index (χ2n) is 2.84. The van der Waals surface area contributed by atoms with Gasteiger partial charge in [0.2, 0.25) is 0 Å². The van der Waals surface area contributed by atoms with E-state index < -0.39 is 11.8 Å². The van der Waals surface area contributed by atoms with Crippen LogP contribution < -0.4 is 5.32 Å². The summed E-state index contributed by atoms with van der Waals surface area (Å²) in [7, 11) is 3.00. The molecule has 0 heterocycles. The summed E-state index contributed by atoms with van der Waals surface area (Å²) in [5.41, 5.74) is 0.755. The first-order chi connectivity index (χ1) is 6.69. The van der Waals surface area contributed by atoms with Crippen molar-refractivity contribution in [3.63, 3.8) is 0 Å². The number of hydrogen-bond donors (Lipinski definition) is 1. The Hall–Kier alpha value is -1.42. The van der Waals surface area contributed by atoms with Crippen LogP contribution in [-0.4, -0.2) is 20.1 Å². The second kappa shape index (κ2) is 4.72. The van der Waals surface area contributed by atoms with Crippen LogP contribution in [0.5, 0.6) is 0 Å². The van der Waals surface area contributed by atoms with Gasteiger partial charge in [0.15, 0.2) is 0 Å². The maximum absolute atomic E-state index is 13.3. The van der Waals surface area contributed by atoms with Crippen molar-refractivity contribution < 1.29 is 13.9 Å². The number of nitrogens with one attached hydrogen (secondary N) is 1. The summed E-state index contributed by atoms with van der Waals surface area (Å²) in [6, 6.07) is 4.43. The molecule has 0 atom stereocenters. The Bertz CT molecular complexity index is 339. The number of carbonyl (C=O) groups excluding carboxylic acids is 1. The van der Waals surface area contributed by atoms with Crippen LogP contribution in [0.4, 0.5) is 4.39 Å². The number of ether oxygens (including phenoxy) is 1. The minimum atomic E-state index is -0.654. The molecule has 4 heteroatoms. The van der Waals surface area contributed by atoms with Crippen LogP contribution in [0.2, 0.25) is 0 Å². The molecule has 0 amide bonds. The van der Waals surface area contributed by atoms with Crippen molar-refractivity contribution in [3.8, 4) is 0 Å². The molecule has 1 aromatic carbocycles. The van der Waals surface area contributed by atoms with Crippen LogP contribution in [0.25, 0.3) is 0 Å². The first kappa shape index (κ1) is 10.7. The molecule has 1 rings (SSSR count). The molecular formula is C10H12FNO2. The van der Waals surface area contributed by atoms with E-state index in [1.165, 1.54) is 19.2 Å². The van der Waals surface area contributed by atoms with Crippen molar-refractivity contribution in [2.75, 3.05) is 14.2 Å². The topological polar surface area (TPSA) is 38.3 Å². The molecule has 3 nitrogen and oxygen atoms in total. The molecule has 0 saturated carbocycles. The first-order valence-corrected chi connectivity index (χ1v) is 4.20. The standard InChI is InChI=1S/C10H12FNO2/c1-12-6-7-3-4-8(9(11)5-7)10(13)14-2/h3-5,12H,6H2,1-2H3. The summed E-state index contributed by atoms with van der Waals surface area (Å²) < 4.78 is 17.7. The van der Waals surface area contributed by atoms with Crippen LogP contribution in [0.15, 0.2) is 18.2 Å². The molecule has 0 radical (unpaired) electrons. The summed E-state index contributed by atoms with van der Waals surface area (Å²) in [4.78, 5) is 11.0. The average molecular weight is 197 g/mol. The van der Waals surface area contributed by atoms with Gasteiger partial charge in [-0.1, -0.05) is 6.07 Å². The lowest BCUT2D eigenvalue weighted by molar-refractivity contribution is 0.0595. The van der Waals surface area contributed by atoms with Gasteiger partial charge in [-0.05, 0) is 24.7 Å². The van der Waals surface area contributed by atoms with E-state index in [1.807, 2.05) is 0 Å². The highest BCUT2D eigenvalue weighted by atomic mass is 19.1. The molecule has 0 aliphatic rings. The normalized spacial score (nSPS) is 9.93. The van der Waals surface area contributed by atoms with Gasteiger partial charge in [0.1, 0.15) is 5.82 Å². The molecular weight excluding hydrogens is 185 g/mol. The Labute approximate surface area is 81.9 Å². The van der Waals surface area contributed by atoms with Gasteiger partial charge in [-0.15, -0.1) is 0 Å². The van der Waals surface area contributed by atoms with Crippen LogP contribution in [0, 0.1) is 5.82 Å². The van der Waals surface area contributed by atoms with Gasteiger partial charge in [-0.25, -0.2) is 9.18 Å². The fourth-order valence-electron chi connectivity index (χ4n) is 1.15. The molecule has 0 spiro atoms. The fourth-order valence-corrected chi connectivity index (χ4v) is 1.15. The summed E-state index contributed by atoms with van der Waals surface area (Å²) in [6.45, 7) is 0.568. The zero-order valence-corrected chi connectivity index (χ0v) is 8.13. The van der Waals surface area contributed by atoms with Crippen molar-refractivity contribution in [3.05, 3.63) is 35.1 Å². The Morgan fingerprint density at radius 1 is 1.57 bits per heavy atom. The summed E-state index contributed by atoms with van der Waals surface area (Å²) in [5.74, 6) is -1.21. The van der Waals surface area contributed by atoms with Crippen molar-refractivity contribution >= 4 is 5.97 Å². The molecule has 0 unspecified atom stereocenters. The van der Waals surface area contributed by atoms with Gasteiger partial charge in [0.25, 0.3) is 0 Å². The van der Waals surface area contributed by atoms with Crippen LogP contribution in [0.3, 0.4) is 0 Å². The van der Waals surface area contributed by atoms with Gasteiger partial charge >= 0.3 is 5.97 Å². The monoisotopic (exact) mass is 197 g/mol. The molecule has 0 bridgehead atoms. The number of esters is 1. The highest BCUT2D eigenvalue weighted by Gasteiger charge is 2.11. The largest absolute Gasteiger partial charge is 0.465 e. The smallest absolute Gasteiger partial charge is 0.340 e. The molecule has 14 heavy (non-hydrogen) atoms. The van der Waals surface area contributed by atoms with Crippen molar-refractivity contribution in [1.29, 1.82) is 0 Å². The Morgan fingerprint density at radius 2 is 2.29 bits per heavy atom. The van der Waals surface area contributed by atoms with E-state index >= 15 is 0 Å². The summed E-state index contributed by atoms with van der Waals surface area (Å²) in [6.07, 6.45) is 0. The van der Waals surface area contributed by atoms with Crippen molar-refractivity contribution in [2.45, 2.75) is 6.54 Å². The third-order valence-corrected chi connectivity index (χ3v) is 1.82. The highest BCUT2D eigenvalue weighted by Crippen LogP contribution is 2.11. The molecule has 0 saturated heterocycles. The molecule has 0 aliphatic carbocycles. The third-order valence-electron chi connectivity index (χ3n) is 1.82. The van der Waals surface area contributed by atoms with Gasteiger partial charge in [-0.3, -0.25) is 0 Å². The van der Waals surface area contributed by atoms with Crippen LogP contribution >= 0.6 is 0 Å². The molecule has 0 aliphatic heterocycles. The predicted molar refractivity (Wildman–Crippen MR) is 50.5 cm³/mol. The number of benzene rings is 1. The van der Waals surface area contributed by atoms with Gasteiger partial charge in [-0.2, -0.15) is 0 Å². The average Bonchev–Trinajstić information content (AvgIpc) is 2.17. The maximum atomic E-state index is 13.3. The fraction of sp³-hybridized carbons (Fsp3) is 0.300. The van der Waals surface area contributed by atoms with Crippen molar-refractivity contribution in [1.82, 2.24) is 5.32 Å². The minimum absolute atomic E-state index is 0.0349. The lowest BCUT2D eigenvalue weighted by Crippen LogP contribution is -2.08. The second-order valence-corrected chi connectivity index (χ2v) is 2.84. The van der Waals surface area contributed by atoms with E-state index in [0.29, 0.717) is 6.54 Å². The summed E-state index contributed by atoms with van der Waals surface area (Å²) in [5, 5.41) is 2.89. The van der Waals surface area contributed by atoms with Crippen LogP contribution in [-0.2, 0) is 11.3 Å². The van der Waals surface area contributed by atoms with Gasteiger partial charge in [0.05, 0.1) is 12.7 Å². The number of methoxy groups -OCH3 is 1. The molecule has 76 valence electrons. The SMILES string of the molecule is CNCc1ccc(C(=O)OC)c(F)c1. The van der Waals surface area contributed by atoms with E-state index in [2.05, 4.69) is 10.1 Å². The number of carbonyl (C=O) groups is 1. The van der Waals surface area contributed by atoms with Gasteiger partial charge in [0, 0.05) is 6.54 Å². The number of hydrogen-bond acceptors (Lipinski definition) is 3. The quantitative estimate of drug-likeness (QED) is 0.743. The minimum Gasteiger partial charge on any atom is -0.465 e. The molecule has 0 aromatic heterocycles. The van der Waals surface area contributed by atoms with E-state index in [9.17, 15) is 9.18 Å². The molecule has 1 N–H and O–H groups in total. The highest BCUT2D eigenvalue weighted by molar-refractivity contribution is 5.89. The predicted octanol–water partition coefficient (Wildman–Crippen LogP) is 1.33. The van der Waals surface area contributed by atoms with E-state index in [4.69, 9.17) is 0 Å². The Balaban J connectivity index is 2.95.